The number of phenols is 1. The van der Waals surface area contributed by atoms with Crippen molar-refractivity contribution in [3.63, 3.8) is 0 Å². The number of rotatable bonds is 5. The molecule has 1 saturated heterocycles. The third kappa shape index (κ3) is 5.80. The molecule has 148 valence electrons. The molecular formula is C20H20Br2ClN3O2. The molecule has 0 bridgehead atoms. The summed E-state index contributed by atoms with van der Waals surface area (Å²) >= 11 is 12.5. The van der Waals surface area contributed by atoms with Gasteiger partial charge in [-0.1, -0.05) is 23.7 Å². The van der Waals surface area contributed by atoms with Crippen LogP contribution in [-0.2, 0) is 11.3 Å². The first-order valence-corrected chi connectivity index (χ1v) is 10.9. The van der Waals surface area contributed by atoms with Crippen molar-refractivity contribution in [1.29, 1.82) is 0 Å². The van der Waals surface area contributed by atoms with Gasteiger partial charge in [-0.15, -0.1) is 0 Å². The highest BCUT2D eigenvalue weighted by Crippen LogP contribution is 2.32. The predicted molar refractivity (Wildman–Crippen MR) is 119 cm³/mol. The van der Waals surface area contributed by atoms with Crippen molar-refractivity contribution in [3.8, 4) is 5.75 Å². The van der Waals surface area contributed by atoms with Crippen molar-refractivity contribution in [2.75, 3.05) is 13.1 Å². The van der Waals surface area contributed by atoms with Gasteiger partial charge in [-0.25, -0.2) is 5.43 Å². The molecule has 0 aliphatic carbocycles. The lowest BCUT2D eigenvalue weighted by molar-refractivity contribution is -0.126. The van der Waals surface area contributed by atoms with Crippen LogP contribution in [0, 0.1) is 5.92 Å². The second kappa shape index (κ2) is 9.87. The van der Waals surface area contributed by atoms with E-state index in [0.29, 0.717) is 8.95 Å². The molecule has 2 N–H and O–H groups in total. The molecule has 0 radical (unpaired) electrons. The maximum Gasteiger partial charge on any atom is 0.243 e. The van der Waals surface area contributed by atoms with Crippen LogP contribution in [0.3, 0.4) is 0 Å². The summed E-state index contributed by atoms with van der Waals surface area (Å²) in [6.07, 6.45) is 3.18. The van der Waals surface area contributed by atoms with Gasteiger partial charge in [-0.05, 0) is 93.2 Å². The summed E-state index contributed by atoms with van der Waals surface area (Å²) in [6, 6.07) is 11.3. The molecule has 1 aliphatic heterocycles. The van der Waals surface area contributed by atoms with Crippen LogP contribution in [-0.4, -0.2) is 35.2 Å². The largest absolute Gasteiger partial charge is 0.506 e. The Hall–Kier alpha value is -1.41. The summed E-state index contributed by atoms with van der Waals surface area (Å²) in [5.74, 6) is 0.0442. The average molecular weight is 530 g/mol. The SMILES string of the molecule is O=C(N/N=C\c1cc(Br)c(O)c(Br)c1)C1CCN(Cc2ccc(Cl)cc2)CC1. The zero-order chi connectivity index (χ0) is 20.1. The third-order valence-electron chi connectivity index (χ3n) is 4.71. The fourth-order valence-corrected chi connectivity index (χ4v) is 4.47. The zero-order valence-electron chi connectivity index (χ0n) is 15.0. The summed E-state index contributed by atoms with van der Waals surface area (Å²) < 4.78 is 1.12. The lowest BCUT2D eigenvalue weighted by Gasteiger charge is -2.30. The monoisotopic (exact) mass is 527 g/mol. The van der Waals surface area contributed by atoms with E-state index in [1.54, 1.807) is 18.3 Å². The third-order valence-corrected chi connectivity index (χ3v) is 6.17. The van der Waals surface area contributed by atoms with Crippen molar-refractivity contribution in [2.24, 2.45) is 11.0 Å². The van der Waals surface area contributed by atoms with Gasteiger partial charge in [0.05, 0.1) is 15.2 Å². The van der Waals surface area contributed by atoms with E-state index in [9.17, 15) is 9.90 Å². The topological polar surface area (TPSA) is 64.9 Å². The van der Waals surface area contributed by atoms with Crippen molar-refractivity contribution >= 4 is 55.6 Å². The van der Waals surface area contributed by atoms with Crippen LogP contribution in [0.2, 0.25) is 5.02 Å². The Balaban J connectivity index is 1.46. The lowest BCUT2D eigenvalue weighted by Crippen LogP contribution is -2.39. The molecule has 1 aliphatic rings. The first-order chi connectivity index (χ1) is 13.4. The Morgan fingerprint density at radius 3 is 2.43 bits per heavy atom. The summed E-state index contributed by atoms with van der Waals surface area (Å²) in [5, 5.41) is 14.5. The first-order valence-electron chi connectivity index (χ1n) is 8.90. The minimum atomic E-state index is -0.0562. The van der Waals surface area contributed by atoms with Gasteiger partial charge in [0.1, 0.15) is 5.75 Å². The molecule has 0 saturated carbocycles. The molecule has 0 spiro atoms. The summed E-state index contributed by atoms with van der Waals surface area (Å²) in [6.45, 7) is 2.62. The lowest BCUT2D eigenvalue weighted by atomic mass is 9.96. The van der Waals surface area contributed by atoms with Crippen molar-refractivity contribution in [3.05, 3.63) is 61.5 Å². The van der Waals surface area contributed by atoms with E-state index in [2.05, 4.69) is 47.3 Å². The molecule has 1 heterocycles. The number of amides is 1. The number of phenolic OH excluding ortho intramolecular Hbond substituents is 1. The van der Waals surface area contributed by atoms with Gasteiger partial charge in [0.25, 0.3) is 0 Å². The second-order valence-electron chi connectivity index (χ2n) is 6.74. The molecule has 28 heavy (non-hydrogen) atoms. The van der Waals surface area contributed by atoms with Gasteiger partial charge in [0.2, 0.25) is 5.91 Å². The number of nitrogens with zero attached hydrogens (tertiary/aromatic N) is 2. The normalized spacial score (nSPS) is 15.8. The second-order valence-corrected chi connectivity index (χ2v) is 8.89. The highest BCUT2D eigenvalue weighted by molar-refractivity contribution is 9.11. The van der Waals surface area contributed by atoms with Crippen molar-refractivity contribution in [2.45, 2.75) is 19.4 Å². The fraction of sp³-hybridized carbons (Fsp3) is 0.300. The Labute approximate surface area is 186 Å². The number of carbonyl (C=O) groups excluding carboxylic acids is 1. The number of piperidine rings is 1. The number of hydrogen-bond donors (Lipinski definition) is 2. The molecule has 2 aromatic carbocycles. The molecule has 3 rings (SSSR count). The Morgan fingerprint density at radius 2 is 1.82 bits per heavy atom. The van der Waals surface area contributed by atoms with Crippen LogP contribution in [0.1, 0.15) is 24.0 Å². The Bertz CT molecular complexity index is 843. The summed E-state index contributed by atoms with van der Waals surface area (Å²) in [7, 11) is 0. The molecule has 5 nitrogen and oxygen atoms in total. The van der Waals surface area contributed by atoms with E-state index in [0.717, 1.165) is 43.1 Å². The highest BCUT2D eigenvalue weighted by atomic mass is 79.9. The molecule has 2 aromatic rings. The van der Waals surface area contributed by atoms with Crippen LogP contribution in [0.25, 0.3) is 0 Å². The number of hydrogen-bond acceptors (Lipinski definition) is 4. The molecule has 0 unspecified atom stereocenters. The number of halogens is 3. The summed E-state index contributed by atoms with van der Waals surface area (Å²) in [5.41, 5.74) is 4.61. The summed E-state index contributed by atoms with van der Waals surface area (Å²) in [4.78, 5) is 14.7. The van der Waals surface area contributed by atoms with E-state index in [1.807, 2.05) is 24.3 Å². The minimum Gasteiger partial charge on any atom is -0.506 e. The van der Waals surface area contributed by atoms with Gasteiger partial charge < -0.3 is 5.11 Å². The Morgan fingerprint density at radius 1 is 1.21 bits per heavy atom. The van der Waals surface area contributed by atoms with Gasteiger partial charge in [-0.2, -0.15) is 5.10 Å². The Kier molecular flexibility index (Phi) is 7.51. The van der Waals surface area contributed by atoms with Gasteiger partial charge >= 0.3 is 0 Å². The van der Waals surface area contributed by atoms with Crippen LogP contribution >= 0.6 is 43.5 Å². The van der Waals surface area contributed by atoms with Crippen LogP contribution in [0.4, 0.5) is 0 Å². The van der Waals surface area contributed by atoms with Crippen LogP contribution in [0.15, 0.2) is 50.4 Å². The van der Waals surface area contributed by atoms with Gasteiger partial charge in [0, 0.05) is 17.5 Å². The molecule has 0 aromatic heterocycles. The highest BCUT2D eigenvalue weighted by Gasteiger charge is 2.24. The number of aromatic hydroxyl groups is 1. The number of likely N-dealkylation sites (tertiary alicyclic amines) is 1. The predicted octanol–water partition coefficient (Wildman–Crippen LogP) is 4.93. The van der Waals surface area contributed by atoms with Crippen LogP contribution < -0.4 is 5.43 Å². The molecule has 1 fully saturated rings. The maximum absolute atomic E-state index is 12.4. The quantitative estimate of drug-likeness (QED) is 0.426. The van der Waals surface area contributed by atoms with E-state index in [-0.39, 0.29) is 17.6 Å². The van der Waals surface area contributed by atoms with E-state index >= 15 is 0 Å². The maximum atomic E-state index is 12.4. The van der Waals surface area contributed by atoms with E-state index in [1.165, 1.54) is 5.56 Å². The smallest absolute Gasteiger partial charge is 0.243 e. The number of nitrogens with one attached hydrogen (secondary N) is 1. The molecular weight excluding hydrogens is 510 g/mol. The van der Waals surface area contributed by atoms with Gasteiger partial charge in [0.15, 0.2) is 0 Å². The number of carbonyl (C=O) groups is 1. The standard InChI is InChI=1S/C20H20Br2ClN3O2/c21-17-9-14(10-18(22)19(17)27)11-24-25-20(28)15-5-7-26(8-6-15)12-13-1-3-16(23)4-2-13/h1-4,9-11,15,27H,5-8,12H2,(H,25,28)/b24-11-. The number of hydrazone groups is 1. The van der Waals surface area contributed by atoms with Crippen molar-refractivity contribution < 1.29 is 9.90 Å². The zero-order valence-corrected chi connectivity index (χ0v) is 19.0. The molecule has 8 heteroatoms. The first kappa shape index (κ1) is 21.3. The van der Waals surface area contributed by atoms with Crippen molar-refractivity contribution in [1.82, 2.24) is 10.3 Å². The van der Waals surface area contributed by atoms with E-state index < -0.39 is 0 Å². The minimum absolute atomic E-state index is 0.0306. The molecule has 0 atom stereocenters. The average Bonchev–Trinajstić information content (AvgIpc) is 2.68. The fourth-order valence-electron chi connectivity index (χ4n) is 3.12. The van der Waals surface area contributed by atoms with Gasteiger partial charge in [-0.3, -0.25) is 9.69 Å². The molecule has 1 amide bonds. The van der Waals surface area contributed by atoms with Crippen LogP contribution in [0.5, 0.6) is 5.75 Å². The number of benzene rings is 2. The van der Waals surface area contributed by atoms with E-state index in [4.69, 9.17) is 11.6 Å².